The topological polar surface area (TPSA) is 58.6 Å². The van der Waals surface area contributed by atoms with Gasteiger partial charge in [-0.2, -0.15) is 0 Å². The first-order chi connectivity index (χ1) is 13.1. The van der Waals surface area contributed by atoms with Gasteiger partial charge in [0.15, 0.2) is 0 Å². The van der Waals surface area contributed by atoms with E-state index in [1.165, 1.54) is 0 Å². The number of nitrogens with one attached hydrogen (secondary N) is 1. The molecule has 3 rings (SSSR count). The van der Waals surface area contributed by atoms with Crippen molar-refractivity contribution in [3.8, 4) is 5.75 Å². The van der Waals surface area contributed by atoms with Gasteiger partial charge in [-0.25, -0.2) is 13.1 Å². The third-order valence-electron chi connectivity index (χ3n) is 4.86. The van der Waals surface area contributed by atoms with Crippen molar-refractivity contribution in [1.29, 1.82) is 0 Å². The number of rotatable bonds is 5. The number of piperidine rings is 1. The van der Waals surface area contributed by atoms with Crippen LogP contribution in [0.2, 0.25) is 0 Å². The van der Waals surface area contributed by atoms with Gasteiger partial charge in [-0.1, -0.05) is 30.3 Å². The highest BCUT2D eigenvalue weighted by Crippen LogP contribution is 2.34. The van der Waals surface area contributed by atoms with E-state index in [1.54, 1.807) is 0 Å². The lowest BCUT2D eigenvalue weighted by molar-refractivity contribution is -0.274. The van der Waals surface area contributed by atoms with Gasteiger partial charge in [-0.15, -0.1) is 13.2 Å². The van der Waals surface area contributed by atoms with Crippen LogP contribution in [0.25, 0.3) is 0 Å². The lowest BCUT2D eigenvalue weighted by Gasteiger charge is -2.41. The number of benzene rings is 2. The highest BCUT2D eigenvalue weighted by molar-refractivity contribution is 7.89. The van der Waals surface area contributed by atoms with Gasteiger partial charge in [0.05, 0.1) is 10.4 Å². The molecule has 0 bridgehead atoms. The minimum absolute atomic E-state index is 0.115. The average molecular weight is 414 g/mol. The third-order valence-corrected chi connectivity index (χ3v) is 6.42. The number of halogens is 3. The van der Waals surface area contributed by atoms with E-state index in [9.17, 15) is 21.6 Å². The average Bonchev–Trinajstić information content (AvgIpc) is 2.63. The standard InChI is InChI=1S/C19H21F3N2O3S/c1-24-13-11-18(12-14-24,15-5-3-2-4-6-15)23-28(25,26)17-9-7-16(8-10-17)27-19(20,21)22/h2-10,23H,11-14H2,1H3. The Balaban J connectivity index is 1.88. The van der Waals surface area contributed by atoms with Crippen molar-refractivity contribution < 1.29 is 26.3 Å². The number of ether oxygens (including phenoxy) is 1. The molecule has 0 spiro atoms. The summed E-state index contributed by atoms with van der Waals surface area (Å²) in [6, 6.07) is 13.5. The largest absolute Gasteiger partial charge is 0.573 e. The predicted molar refractivity (Wildman–Crippen MR) is 98.3 cm³/mol. The fourth-order valence-corrected chi connectivity index (χ4v) is 4.79. The van der Waals surface area contributed by atoms with Crippen LogP contribution in [0.4, 0.5) is 13.2 Å². The Morgan fingerprint density at radius 2 is 1.57 bits per heavy atom. The Kier molecular flexibility index (Phi) is 5.69. The maximum absolute atomic E-state index is 13.0. The molecule has 0 atom stereocenters. The van der Waals surface area contributed by atoms with Crippen LogP contribution < -0.4 is 9.46 Å². The zero-order valence-corrected chi connectivity index (χ0v) is 16.1. The van der Waals surface area contributed by atoms with Crippen molar-refractivity contribution in [3.63, 3.8) is 0 Å². The molecule has 1 aliphatic rings. The van der Waals surface area contributed by atoms with Crippen LogP contribution in [-0.2, 0) is 15.6 Å². The molecule has 5 nitrogen and oxygen atoms in total. The van der Waals surface area contributed by atoms with Gasteiger partial charge in [-0.05, 0) is 62.8 Å². The Labute approximate surface area is 162 Å². The van der Waals surface area contributed by atoms with E-state index in [1.807, 2.05) is 37.4 Å². The summed E-state index contributed by atoms with van der Waals surface area (Å²) in [5.74, 6) is -0.469. The molecule has 28 heavy (non-hydrogen) atoms. The molecule has 152 valence electrons. The summed E-state index contributed by atoms with van der Waals surface area (Å²) in [5.41, 5.74) is 0.0944. The van der Waals surface area contributed by atoms with Crippen LogP contribution >= 0.6 is 0 Å². The molecule has 1 saturated heterocycles. The first kappa shape index (κ1) is 20.6. The van der Waals surface area contributed by atoms with Gasteiger partial charge >= 0.3 is 6.36 Å². The summed E-state index contributed by atoms with van der Waals surface area (Å²) in [5, 5.41) is 0. The Morgan fingerprint density at radius 1 is 1.00 bits per heavy atom. The molecule has 0 aliphatic carbocycles. The van der Waals surface area contributed by atoms with Crippen molar-refractivity contribution in [1.82, 2.24) is 9.62 Å². The molecular weight excluding hydrogens is 393 g/mol. The van der Waals surface area contributed by atoms with E-state index in [4.69, 9.17) is 0 Å². The molecule has 0 amide bonds. The van der Waals surface area contributed by atoms with E-state index in [-0.39, 0.29) is 4.90 Å². The molecule has 0 aromatic heterocycles. The molecule has 2 aromatic rings. The smallest absolute Gasteiger partial charge is 0.406 e. The summed E-state index contributed by atoms with van der Waals surface area (Å²) < 4.78 is 69.4. The number of nitrogens with zero attached hydrogens (tertiary/aromatic N) is 1. The normalized spacial score (nSPS) is 18.0. The summed E-state index contributed by atoms with van der Waals surface area (Å²) in [6.45, 7) is 1.44. The molecule has 1 aliphatic heterocycles. The summed E-state index contributed by atoms with van der Waals surface area (Å²) in [7, 11) is -1.97. The van der Waals surface area contributed by atoms with Gasteiger partial charge in [0.1, 0.15) is 5.75 Å². The number of hydrogen-bond acceptors (Lipinski definition) is 4. The van der Waals surface area contributed by atoms with E-state index in [0.717, 1.165) is 42.9 Å². The van der Waals surface area contributed by atoms with Crippen LogP contribution in [0.5, 0.6) is 5.75 Å². The lowest BCUT2D eigenvalue weighted by Crippen LogP contribution is -2.52. The van der Waals surface area contributed by atoms with Gasteiger partial charge in [-0.3, -0.25) is 0 Å². The molecule has 0 radical (unpaired) electrons. The van der Waals surface area contributed by atoms with Crippen LogP contribution in [0.1, 0.15) is 18.4 Å². The van der Waals surface area contributed by atoms with Crippen molar-refractivity contribution in [2.75, 3.05) is 20.1 Å². The molecular formula is C19H21F3N2O3S. The van der Waals surface area contributed by atoms with Crippen molar-refractivity contribution in [2.24, 2.45) is 0 Å². The summed E-state index contributed by atoms with van der Waals surface area (Å²) in [4.78, 5) is 2.01. The van der Waals surface area contributed by atoms with E-state index >= 15 is 0 Å². The number of likely N-dealkylation sites (tertiary alicyclic amines) is 1. The fraction of sp³-hybridized carbons (Fsp3) is 0.368. The molecule has 2 aromatic carbocycles. The van der Waals surface area contributed by atoms with E-state index in [0.29, 0.717) is 12.8 Å². The lowest BCUT2D eigenvalue weighted by atomic mass is 9.82. The summed E-state index contributed by atoms with van der Waals surface area (Å²) in [6.07, 6.45) is -3.66. The molecule has 0 saturated carbocycles. The van der Waals surface area contributed by atoms with Crippen LogP contribution in [0.3, 0.4) is 0 Å². The Bertz CT molecular complexity index is 892. The highest BCUT2D eigenvalue weighted by atomic mass is 32.2. The van der Waals surface area contributed by atoms with Gasteiger partial charge in [0.25, 0.3) is 0 Å². The number of alkyl halides is 3. The number of sulfonamides is 1. The van der Waals surface area contributed by atoms with Crippen molar-refractivity contribution in [2.45, 2.75) is 29.6 Å². The number of hydrogen-bond donors (Lipinski definition) is 1. The monoisotopic (exact) mass is 414 g/mol. The molecule has 1 fully saturated rings. The maximum atomic E-state index is 13.0. The third kappa shape index (κ3) is 4.84. The van der Waals surface area contributed by atoms with Crippen molar-refractivity contribution in [3.05, 3.63) is 60.2 Å². The molecule has 1 N–H and O–H groups in total. The van der Waals surface area contributed by atoms with Gasteiger partial charge in [0, 0.05) is 0 Å². The Hall–Kier alpha value is -2.10. The fourth-order valence-electron chi connectivity index (χ4n) is 3.34. The molecule has 1 heterocycles. The molecule has 0 unspecified atom stereocenters. The highest BCUT2D eigenvalue weighted by Gasteiger charge is 2.39. The first-order valence-corrected chi connectivity index (χ1v) is 10.2. The van der Waals surface area contributed by atoms with E-state index < -0.39 is 27.7 Å². The van der Waals surface area contributed by atoms with E-state index in [2.05, 4.69) is 14.4 Å². The van der Waals surface area contributed by atoms with Crippen molar-refractivity contribution >= 4 is 10.0 Å². The zero-order valence-electron chi connectivity index (χ0n) is 15.2. The van der Waals surface area contributed by atoms with Gasteiger partial charge in [0.2, 0.25) is 10.0 Å². The van der Waals surface area contributed by atoms with Crippen LogP contribution in [0, 0.1) is 0 Å². The second kappa shape index (κ2) is 7.73. The first-order valence-electron chi connectivity index (χ1n) is 8.74. The maximum Gasteiger partial charge on any atom is 0.573 e. The second-order valence-electron chi connectivity index (χ2n) is 6.88. The Morgan fingerprint density at radius 3 is 2.11 bits per heavy atom. The summed E-state index contributed by atoms with van der Waals surface area (Å²) >= 11 is 0. The SMILES string of the molecule is CN1CCC(NS(=O)(=O)c2ccc(OC(F)(F)F)cc2)(c2ccccc2)CC1. The van der Waals surface area contributed by atoms with Crippen LogP contribution in [0.15, 0.2) is 59.5 Å². The van der Waals surface area contributed by atoms with Crippen LogP contribution in [-0.4, -0.2) is 39.8 Å². The second-order valence-corrected chi connectivity index (χ2v) is 8.56. The minimum Gasteiger partial charge on any atom is -0.406 e. The molecule has 9 heteroatoms. The zero-order chi connectivity index (χ0) is 20.4. The quantitative estimate of drug-likeness (QED) is 0.814. The minimum atomic E-state index is -4.83. The predicted octanol–water partition coefficient (Wildman–Crippen LogP) is 3.48. The van der Waals surface area contributed by atoms with Gasteiger partial charge < -0.3 is 9.64 Å².